The molecule has 0 amide bonds. The second-order valence-electron chi connectivity index (χ2n) is 5.16. The number of pyridine rings is 1. The van der Waals surface area contributed by atoms with Crippen molar-refractivity contribution >= 4 is 22.6 Å². The van der Waals surface area contributed by atoms with Crippen molar-refractivity contribution in [2.75, 3.05) is 0 Å². The smallest absolute Gasteiger partial charge is 0.264 e. The molecule has 0 spiro atoms. The van der Waals surface area contributed by atoms with Crippen LogP contribution in [0.2, 0.25) is 5.02 Å². The number of nitrogens with zero attached hydrogens (tertiary/aromatic N) is 3. The lowest BCUT2D eigenvalue weighted by Crippen LogP contribution is -2.27. The molecule has 0 N–H and O–H groups in total. The average Bonchev–Trinajstić information content (AvgIpc) is 2.53. The number of rotatable bonds is 2. The predicted molar refractivity (Wildman–Crippen MR) is 86.5 cm³/mol. The zero-order chi connectivity index (χ0) is 15.9. The van der Waals surface area contributed by atoms with Crippen molar-refractivity contribution in [3.05, 3.63) is 73.5 Å². The van der Waals surface area contributed by atoms with E-state index in [0.717, 1.165) is 5.56 Å². The molecule has 0 bridgehead atoms. The van der Waals surface area contributed by atoms with Gasteiger partial charge in [-0.3, -0.25) is 18.7 Å². The maximum atomic E-state index is 12.7. The van der Waals surface area contributed by atoms with E-state index in [9.17, 15) is 9.59 Å². The number of aromatic nitrogens is 3. The maximum absolute atomic E-state index is 12.7. The Morgan fingerprint density at radius 3 is 2.50 bits per heavy atom. The van der Waals surface area contributed by atoms with Gasteiger partial charge in [0.1, 0.15) is 11.7 Å². The summed E-state index contributed by atoms with van der Waals surface area (Å²) in [6, 6.07) is 9.61. The van der Waals surface area contributed by atoms with Gasteiger partial charge < -0.3 is 0 Å². The van der Waals surface area contributed by atoms with Crippen LogP contribution in [0.25, 0.3) is 11.0 Å². The summed E-state index contributed by atoms with van der Waals surface area (Å²) in [5.74, 6) is 0. The molecule has 22 heavy (non-hydrogen) atoms. The van der Waals surface area contributed by atoms with Crippen LogP contribution in [0, 0.1) is 6.92 Å². The van der Waals surface area contributed by atoms with Crippen molar-refractivity contribution in [2.24, 2.45) is 7.05 Å². The molecule has 6 heteroatoms. The third kappa shape index (κ3) is 2.23. The van der Waals surface area contributed by atoms with E-state index in [1.807, 2.05) is 30.3 Å². The molecule has 0 saturated carbocycles. The summed E-state index contributed by atoms with van der Waals surface area (Å²) in [4.78, 5) is 29.0. The summed E-state index contributed by atoms with van der Waals surface area (Å²) in [6.07, 6.45) is 1.45. The minimum atomic E-state index is -0.252. The van der Waals surface area contributed by atoms with E-state index in [2.05, 4.69) is 4.98 Å². The highest BCUT2D eigenvalue weighted by molar-refractivity contribution is 6.35. The van der Waals surface area contributed by atoms with Gasteiger partial charge in [-0.2, -0.15) is 0 Å². The molecule has 0 atom stereocenters. The Bertz CT molecular complexity index is 975. The monoisotopic (exact) mass is 315 g/mol. The third-order valence-corrected chi connectivity index (χ3v) is 4.18. The van der Waals surface area contributed by atoms with Gasteiger partial charge in [-0.15, -0.1) is 0 Å². The quantitative estimate of drug-likeness (QED) is 0.727. The summed E-state index contributed by atoms with van der Waals surface area (Å²) < 4.78 is 2.85. The van der Waals surface area contributed by atoms with Gasteiger partial charge in [-0.05, 0) is 12.5 Å². The topological polar surface area (TPSA) is 56.9 Å². The molecule has 2 heterocycles. The molecule has 112 valence electrons. The molecule has 0 radical (unpaired) electrons. The molecule has 0 aliphatic rings. The van der Waals surface area contributed by atoms with Crippen LogP contribution in [-0.4, -0.2) is 14.1 Å². The standard InChI is InChI=1S/C16H14ClN3O2/c1-10-13(17)12-14(19(2)15(10)21)18-9-20(16(12)22)8-11-6-4-3-5-7-11/h3-7,9H,8H2,1-2H3. The second kappa shape index (κ2) is 5.42. The lowest BCUT2D eigenvalue weighted by Gasteiger charge is -2.11. The van der Waals surface area contributed by atoms with E-state index >= 15 is 0 Å². The Morgan fingerprint density at radius 1 is 1.14 bits per heavy atom. The summed E-state index contributed by atoms with van der Waals surface area (Å²) in [7, 11) is 1.59. The summed E-state index contributed by atoms with van der Waals surface area (Å²) in [5, 5.41) is 0.456. The normalized spacial score (nSPS) is 11.0. The highest BCUT2D eigenvalue weighted by Gasteiger charge is 2.15. The van der Waals surface area contributed by atoms with Crippen molar-refractivity contribution in [2.45, 2.75) is 13.5 Å². The molecule has 0 aliphatic heterocycles. The van der Waals surface area contributed by atoms with Crippen LogP contribution >= 0.6 is 11.6 Å². The highest BCUT2D eigenvalue weighted by atomic mass is 35.5. The lowest BCUT2D eigenvalue weighted by molar-refractivity contribution is 0.739. The number of hydrogen-bond donors (Lipinski definition) is 0. The first-order valence-electron chi connectivity index (χ1n) is 6.79. The Morgan fingerprint density at radius 2 is 1.82 bits per heavy atom. The molecule has 0 saturated heterocycles. The predicted octanol–water partition coefficient (Wildman–Crippen LogP) is 2.11. The van der Waals surface area contributed by atoms with E-state index in [4.69, 9.17) is 11.6 Å². The Kier molecular flexibility index (Phi) is 3.58. The Balaban J connectivity index is 2.27. The van der Waals surface area contributed by atoms with E-state index in [0.29, 0.717) is 17.8 Å². The van der Waals surface area contributed by atoms with Crippen molar-refractivity contribution in [3.63, 3.8) is 0 Å². The summed E-state index contributed by atoms with van der Waals surface area (Å²) in [6.45, 7) is 2.01. The fraction of sp³-hybridized carbons (Fsp3) is 0.188. The zero-order valence-corrected chi connectivity index (χ0v) is 13.0. The number of benzene rings is 1. The first-order chi connectivity index (χ1) is 10.5. The molecular formula is C16H14ClN3O2. The van der Waals surface area contributed by atoms with E-state index in [1.54, 1.807) is 14.0 Å². The molecule has 0 fully saturated rings. The number of hydrogen-bond acceptors (Lipinski definition) is 3. The van der Waals surface area contributed by atoms with Gasteiger partial charge in [0.15, 0.2) is 5.65 Å². The fourth-order valence-electron chi connectivity index (χ4n) is 2.45. The van der Waals surface area contributed by atoms with Gasteiger partial charge in [0.05, 0.1) is 11.6 Å². The minimum Gasteiger partial charge on any atom is -0.295 e. The zero-order valence-electron chi connectivity index (χ0n) is 12.2. The van der Waals surface area contributed by atoms with Crippen LogP contribution < -0.4 is 11.1 Å². The molecule has 5 nitrogen and oxygen atoms in total. The van der Waals surface area contributed by atoms with Crippen molar-refractivity contribution in [1.29, 1.82) is 0 Å². The SMILES string of the molecule is Cc1c(Cl)c2c(=O)n(Cc3ccccc3)cnc2n(C)c1=O. The Labute approximate surface area is 131 Å². The first-order valence-corrected chi connectivity index (χ1v) is 7.16. The molecule has 3 rings (SSSR count). The van der Waals surface area contributed by atoms with Crippen molar-refractivity contribution in [3.8, 4) is 0 Å². The van der Waals surface area contributed by atoms with Gasteiger partial charge in [-0.1, -0.05) is 41.9 Å². The molecular weight excluding hydrogens is 302 g/mol. The minimum absolute atomic E-state index is 0.179. The van der Waals surface area contributed by atoms with Crippen LogP contribution in [0.3, 0.4) is 0 Å². The summed E-state index contributed by atoms with van der Waals surface area (Å²) >= 11 is 6.22. The maximum Gasteiger partial charge on any atom is 0.264 e. The van der Waals surface area contributed by atoms with Crippen LogP contribution in [0.4, 0.5) is 0 Å². The van der Waals surface area contributed by atoms with Crippen molar-refractivity contribution < 1.29 is 0 Å². The van der Waals surface area contributed by atoms with Gasteiger partial charge in [0.2, 0.25) is 0 Å². The fourth-order valence-corrected chi connectivity index (χ4v) is 2.70. The average molecular weight is 316 g/mol. The number of aryl methyl sites for hydroxylation is 1. The van der Waals surface area contributed by atoms with Gasteiger partial charge in [-0.25, -0.2) is 4.98 Å². The second-order valence-corrected chi connectivity index (χ2v) is 5.54. The van der Waals surface area contributed by atoms with Crippen LogP contribution in [0.5, 0.6) is 0 Å². The first kappa shape index (κ1) is 14.5. The van der Waals surface area contributed by atoms with Gasteiger partial charge in [0, 0.05) is 12.6 Å². The van der Waals surface area contributed by atoms with Gasteiger partial charge in [0.25, 0.3) is 11.1 Å². The molecule has 0 aliphatic carbocycles. The van der Waals surface area contributed by atoms with Crippen molar-refractivity contribution in [1.82, 2.24) is 14.1 Å². The van der Waals surface area contributed by atoms with E-state index < -0.39 is 0 Å². The van der Waals surface area contributed by atoms with Crippen LogP contribution in [-0.2, 0) is 13.6 Å². The Hall–Kier alpha value is -2.40. The summed E-state index contributed by atoms with van der Waals surface area (Å²) in [5.41, 5.74) is 1.15. The molecule has 0 unspecified atom stereocenters. The van der Waals surface area contributed by atoms with Crippen LogP contribution in [0.15, 0.2) is 46.2 Å². The highest BCUT2D eigenvalue weighted by Crippen LogP contribution is 2.19. The molecule has 2 aromatic heterocycles. The molecule has 1 aromatic carbocycles. The van der Waals surface area contributed by atoms with Gasteiger partial charge >= 0.3 is 0 Å². The third-order valence-electron chi connectivity index (χ3n) is 3.71. The molecule has 3 aromatic rings. The van der Waals surface area contributed by atoms with E-state index in [1.165, 1.54) is 15.5 Å². The van der Waals surface area contributed by atoms with E-state index in [-0.39, 0.29) is 21.5 Å². The number of fused-ring (bicyclic) bond motifs is 1. The largest absolute Gasteiger partial charge is 0.295 e. The number of halogens is 1. The van der Waals surface area contributed by atoms with Crippen LogP contribution in [0.1, 0.15) is 11.1 Å². The lowest BCUT2D eigenvalue weighted by atomic mass is 10.2.